The largest absolute Gasteiger partial charge is 0.508 e. The molecule has 0 spiro atoms. The van der Waals surface area contributed by atoms with Crippen molar-refractivity contribution in [1.29, 1.82) is 0 Å². The summed E-state index contributed by atoms with van der Waals surface area (Å²) in [6, 6.07) is 13.4. The maximum atomic E-state index is 12.7. The van der Waals surface area contributed by atoms with Gasteiger partial charge in [-0.2, -0.15) is 0 Å². The fourth-order valence-electron chi connectivity index (χ4n) is 2.48. The maximum absolute atomic E-state index is 12.7. The van der Waals surface area contributed by atoms with E-state index in [1.165, 1.54) is 29.1 Å². The van der Waals surface area contributed by atoms with Crippen molar-refractivity contribution >= 4 is 11.9 Å². The summed E-state index contributed by atoms with van der Waals surface area (Å²) in [7, 11) is 1.79. The zero-order valence-corrected chi connectivity index (χ0v) is 13.3. The van der Waals surface area contributed by atoms with Crippen LogP contribution in [0.5, 0.6) is 11.5 Å². The van der Waals surface area contributed by atoms with Crippen LogP contribution in [0.3, 0.4) is 0 Å². The lowest BCUT2D eigenvalue weighted by molar-refractivity contribution is 0.459. The number of nitrogens with zero attached hydrogens (tertiary/aromatic N) is 3. The summed E-state index contributed by atoms with van der Waals surface area (Å²) in [6.45, 7) is 1.80. The van der Waals surface area contributed by atoms with Crippen molar-refractivity contribution in [2.45, 2.75) is 6.92 Å². The molecule has 2 N–H and O–H groups in total. The Morgan fingerprint density at radius 3 is 2.50 bits per heavy atom. The Bertz CT molecular complexity index is 969. The number of hydrogen-bond donors (Lipinski definition) is 2. The van der Waals surface area contributed by atoms with Crippen molar-refractivity contribution in [2.75, 3.05) is 0 Å². The lowest BCUT2D eigenvalue weighted by atomic mass is 10.2. The van der Waals surface area contributed by atoms with Gasteiger partial charge in [-0.1, -0.05) is 18.2 Å². The van der Waals surface area contributed by atoms with E-state index in [1.54, 1.807) is 18.7 Å². The summed E-state index contributed by atoms with van der Waals surface area (Å²) >= 11 is 0. The number of rotatable bonds is 3. The van der Waals surface area contributed by atoms with E-state index in [0.29, 0.717) is 11.3 Å². The molecule has 0 aliphatic rings. The van der Waals surface area contributed by atoms with Crippen molar-refractivity contribution in [3.8, 4) is 17.2 Å². The van der Waals surface area contributed by atoms with Gasteiger partial charge in [0.15, 0.2) is 5.69 Å². The molecule has 2 aromatic carbocycles. The molecule has 0 unspecified atom stereocenters. The molecule has 3 rings (SSSR count). The highest BCUT2D eigenvalue weighted by atomic mass is 16.3. The number of benzene rings is 2. The van der Waals surface area contributed by atoms with Crippen LogP contribution in [0.25, 0.3) is 5.69 Å². The summed E-state index contributed by atoms with van der Waals surface area (Å²) in [5.41, 5.74) is 1.81. The normalized spacial score (nSPS) is 11.2. The first-order valence-electron chi connectivity index (χ1n) is 7.39. The minimum absolute atomic E-state index is 0.0146. The predicted molar refractivity (Wildman–Crippen MR) is 92.8 cm³/mol. The molecule has 1 heterocycles. The third-order valence-corrected chi connectivity index (χ3v) is 3.87. The molecule has 0 aliphatic carbocycles. The second-order valence-corrected chi connectivity index (χ2v) is 5.41. The molecule has 0 bridgehead atoms. The van der Waals surface area contributed by atoms with Crippen molar-refractivity contribution in [3.63, 3.8) is 0 Å². The number of phenols is 2. The molecular weight excluding hydrogens is 306 g/mol. The lowest BCUT2D eigenvalue weighted by Gasteiger charge is -2.07. The topological polar surface area (TPSA) is 79.8 Å². The van der Waals surface area contributed by atoms with Crippen molar-refractivity contribution in [1.82, 2.24) is 9.36 Å². The number of hydrogen-bond acceptors (Lipinski definition) is 4. The van der Waals surface area contributed by atoms with Crippen LogP contribution in [0.2, 0.25) is 0 Å². The van der Waals surface area contributed by atoms with E-state index < -0.39 is 0 Å². The predicted octanol–water partition coefficient (Wildman–Crippen LogP) is 2.65. The molecule has 24 heavy (non-hydrogen) atoms. The molecule has 0 fully saturated rings. The highest BCUT2D eigenvalue weighted by Gasteiger charge is 2.15. The number of aliphatic imine (C=N–C) groups is 1. The van der Waals surface area contributed by atoms with Crippen LogP contribution in [0, 0.1) is 6.92 Å². The van der Waals surface area contributed by atoms with E-state index in [2.05, 4.69) is 4.99 Å². The Kier molecular flexibility index (Phi) is 3.95. The molecule has 0 saturated heterocycles. The van der Waals surface area contributed by atoms with Crippen LogP contribution in [0.4, 0.5) is 5.69 Å². The van der Waals surface area contributed by atoms with Gasteiger partial charge in [-0.25, -0.2) is 9.67 Å². The molecule has 0 radical (unpaired) electrons. The highest BCUT2D eigenvalue weighted by Crippen LogP contribution is 2.22. The standard InChI is InChI=1S/C18H17N3O3/c1-12-17(19-11-13-10-15(22)8-9-16(13)23)18(24)21(20(12)2)14-6-4-3-5-7-14/h3-11,22-23H,1-2H3. The van der Waals surface area contributed by atoms with Crippen LogP contribution in [-0.4, -0.2) is 25.8 Å². The summed E-state index contributed by atoms with van der Waals surface area (Å²) in [5, 5.41) is 19.3. The van der Waals surface area contributed by atoms with Gasteiger partial charge in [0.05, 0.1) is 11.4 Å². The van der Waals surface area contributed by atoms with Gasteiger partial charge in [0.25, 0.3) is 5.56 Å². The van der Waals surface area contributed by atoms with Gasteiger partial charge in [0.2, 0.25) is 0 Å². The van der Waals surface area contributed by atoms with Gasteiger partial charge in [0.1, 0.15) is 11.5 Å². The number of aromatic hydroxyl groups is 2. The number of phenolic OH excluding ortho intramolecular Hbond substituents is 2. The van der Waals surface area contributed by atoms with Gasteiger partial charge >= 0.3 is 0 Å². The van der Waals surface area contributed by atoms with E-state index in [1.807, 2.05) is 30.3 Å². The summed E-state index contributed by atoms with van der Waals surface area (Å²) in [6.07, 6.45) is 1.37. The Balaban J connectivity index is 2.09. The first-order chi connectivity index (χ1) is 11.5. The molecular formula is C18H17N3O3. The number of para-hydroxylation sites is 1. The molecule has 6 heteroatoms. The maximum Gasteiger partial charge on any atom is 0.297 e. The van der Waals surface area contributed by atoms with E-state index >= 15 is 0 Å². The summed E-state index contributed by atoms with van der Waals surface area (Å²) in [5.74, 6) is -0.00532. The molecule has 1 aromatic heterocycles. The first kappa shape index (κ1) is 15.6. The number of aromatic nitrogens is 2. The van der Waals surface area contributed by atoms with E-state index in [4.69, 9.17) is 0 Å². The first-order valence-corrected chi connectivity index (χ1v) is 7.39. The van der Waals surface area contributed by atoms with Crippen molar-refractivity contribution in [3.05, 3.63) is 70.1 Å². The second-order valence-electron chi connectivity index (χ2n) is 5.41. The molecule has 0 atom stereocenters. The Morgan fingerprint density at radius 1 is 1.08 bits per heavy atom. The highest BCUT2D eigenvalue weighted by molar-refractivity contribution is 5.86. The van der Waals surface area contributed by atoms with E-state index in [0.717, 1.165) is 5.69 Å². The minimum atomic E-state index is -0.253. The Morgan fingerprint density at radius 2 is 1.79 bits per heavy atom. The fraction of sp³-hybridized carbons (Fsp3) is 0.111. The molecule has 6 nitrogen and oxygen atoms in total. The fourth-order valence-corrected chi connectivity index (χ4v) is 2.48. The van der Waals surface area contributed by atoms with Gasteiger partial charge in [-0.3, -0.25) is 9.48 Å². The Labute approximate surface area is 138 Å². The SMILES string of the molecule is Cc1c(N=Cc2cc(O)ccc2O)c(=O)n(-c2ccccc2)n1C. The quantitative estimate of drug-likeness (QED) is 0.574. The van der Waals surface area contributed by atoms with Crippen LogP contribution in [0.1, 0.15) is 11.3 Å². The lowest BCUT2D eigenvalue weighted by Crippen LogP contribution is -2.19. The third kappa shape index (κ3) is 2.69. The molecule has 0 saturated carbocycles. The van der Waals surface area contributed by atoms with Crippen LogP contribution in [0.15, 0.2) is 58.3 Å². The second kappa shape index (κ2) is 6.08. The van der Waals surface area contributed by atoms with E-state index in [-0.39, 0.29) is 22.7 Å². The van der Waals surface area contributed by atoms with Gasteiger partial charge in [-0.15, -0.1) is 0 Å². The van der Waals surface area contributed by atoms with Gasteiger partial charge < -0.3 is 10.2 Å². The zero-order chi connectivity index (χ0) is 17.3. The Hall–Kier alpha value is -3.28. The van der Waals surface area contributed by atoms with Gasteiger partial charge in [0, 0.05) is 18.8 Å². The smallest absolute Gasteiger partial charge is 0.297 e. The van der Waals surface area contributed by atoms with Crippen LogP contribution in [-0.2, 0) is 7.05 Å². The average molecular weight is 323 g/mol. The van der Waals surface area contributed by atoms with Crippen molar-refractivity contribution < 1.29 is 10.2 Å². The van der Waals surface area contributed by atoms with Gasteiger partial charge in [-0.05, 0) is 37.3 Å². The molecule has 122 valence electrons. The minimum Gasteiger partial charge on any atom is -0.508 e. The summed E-state index contributed by atoms with van der Waals surface area (Å²) < 4.78 is 3.26. The molecule has 3 aromatic rings. The monoisotopic (exact) mass is 323 g/mol. The van der Waals surface area contributed by atoms with Crippen molar-refractivity contribution in [2.24, 2.45) is 12.0 Å². The summed E-state index contributed by atoms with van der Waals surface area (Å²) in [4.78, 5) is 16.9. The average Bonchev–Trinajstić information content (AvgIpc) is 2.79. The third-order valence-electron chi connectivity index (χ3n) is 3.87. The van der Waals surface area contributed by atoms with Crippen LogP contribution < -0.4 is 5.56 Å². The zero-order valence-electron chi connectivity index (χ0n) is 13.3. The molecule has 0 amide bonds. The van der Waals surface area contributed by atoms with E-state index in [9.17, 15) is 15.0 Å². The van der Waals surface area contributed by atoms with Crippen LogP contribution >= 0.6 is 0 Å². The molecule has 0 aliphatic heterocycles.